The van der Waals surface area contributed by atoms with Crippen LogP contribution in [0.1, 0.15) is 0 Å². The van der Waals surface area contributed by atoms with Crippen LogP contribution < -0.4 is 0 Å². The van der Waals surface area contributed by atoms with E-state index in [1.165, 1.54) is 32.8 Å². The zero-order chi connectivity index (χ0) is 33.3. The van der Waals surface area contributed by atoms with Crippen LogP contribution in [0.3, 0.4) is 0 Å². The molecular formula is C46H30N4. The number of benzene rings is 7. The second-order valence-corrected chi connectivity index (χ2v) is 12.3. The molecule has 4 heteroatoms. The first kappa shape index (κ1) is 29.4. The molecule has 4 nitrogen and oxygen atoms in total. The first-order chi connectivity index (χ1) is 24.8. The van der Waals surface area contributed by atoms with Crippen molar-refractivity contribution in [3.63, 3.8) is 0 Å². The Balaban J connectivity index is 1.09. The maximum absolute atomic E-state index is 5.00. The van der Waals surface area contributed by atoms with E-state index in [2.05, 4.69) is 138 Å². The topological polar surface area (TPSA) is 51.6 Å². The van der Waals surface area contributed by atoms with Crippen molar-refractivity contribution in [2.75, 3.05) is 0 Å². The van der Waals surface area contributed by atoms with Crippen LogP contribution in [0.15, 0.2) is 182 Å². The van der Waals surface area contributed by atoms with E-state index in [0.717, 1.165) is 38.8 Å². The summed E-state index contributed by atoms with van der Waals surface area (Å²) in [5.41, 5.74) is 9.82. The van der Waals surface area contributed by atoms with Gasteiger partial charge in [0.1, 0.15) is 0 Å². The van der Waals surface area contributed by atoms with Gasteiger partial charge in [0.05, 0.1) is 0 Å². The zero-order valence-electron chi connectivity index (χ0n) is 27.1. The minimum atomic E-state index is 0.642. The highest BCUT2D eigenvalue weighted by Gasteiger charge is 2.14. The van der Waals surface area contributed by atoms with Gasteiger partial charge in [-0.1, -0.05) is 158 Å². The van der Waals surface area contributed by atoms with Crippen molar-refractivity contribution >= 4 is 21.5 Å². The van der Waals surface area contributed by atoms with Gasteiger partial charge < -0.3 is 0 Å². The van der Waals surface area contributed by atoms with Crippen LogP contribution in [0.2, 0.25) is 0 Å². The number of pyridine rings is 1. The third-order valence-electron chi connectivity index (χ3n) is 9.24. The molecule has 0 aliphatic carbocycles. The predicted octanol–water partition coefficient (Wildman–Crippen LogP) is 11.6. The average molecular weight is 639 g/mol. The van der Waals surface area contributed by atoms with Crippen molar-refractivity contribution in [3.8, 4) is 67.5 Å². The van der Waals surface area contributed by atoms with E-state index in [0.29, 0.717) is 17.5 Å². The molecule has 0 aliphatic rings. The Morgan fingerprint density at radius 2 is 0.780 bits per heavy atom. The molecule has 50 heavy (non-hydrogen) atoms. The molecule has 0 unspecified atom stereocenters. The molecule has 2 heterocycles. The maximum Gasteiger partial charge on any atom is 0.164 e. The highest BCUT2D eigenvalue weighted by atomic mass is 15.0. The summed E-state index contributed by atoms with van der Waals surface area (Å²) in [5, 5.41) is 4.76. The fraction of sp³-hybridized carbons (Fsp3) is 0. The van der Waals surface area contributed by atoms with Gasteiger partial charge in [-0.2, -0.15) is 0 Å². The van der Waals surface area contributed by atoms with Crippen LogP contribution in [0.5, 0.6) is 0 Å². The van der Waals surface area contributed by atoms with Crippen LogP contribution in [0.25, 0.3) is 89.1 Å². The predicted molar refractivity (Wildman–Crippen MR) is 205 cm³/mol. The summed E-state index contributed by atoms with van der Waals surface area (Å²) in [6.45, 7) is 0. The molecule has 0 bridgehead atoms. The van der Waals surface area contributed by atoms with Gasteiger partial charge >= 0.3 is 0 Å². The Morgan fingerprint density at radius 3 is 1.40 bits per heavy atom. The summed E-state index contributed by atoms with van der Waals surface area (Å²) >= 11 is 0. The van der Waals surface area contributed by atoms with E-state index in [4.69, 9.17) is 15.0 Å². The molecule has 0 radical (unpaired) electrons. The SMILES string of the molecule is c1ccc(-c2nc(-c3ccc(-c4ccc(-c5ccc(-c6cccnc6)cc5)c5ccccc45)cc3)nc(-c3ccc4ccccc4c3)n2)cc1. The Morgan fingerprint density at radius 1 is 0.300 bits per heavy atom. The number of hydrogen-bond donors (Lipinski definition) is 0. The summed E-state index contributed by atoms with van der Waals surface area (Å²) in [7, 11) is 0. The van der Waals surface area contributed by atoms with E-state index in [1.54, 1.807) is 6.20 Å². The maximum atomic E-state index is 5.00. The number of hydrogen-bond acceptors (Lipinski definition) is 4. The van der Waals surface area contributed by atoms with Crippen LogP contribution in [0, 0.1) is 0 Å². The lowest BCUT2D eigenvalue weighted by Crippen LogP contribution is -2.00. The molecule has 2 aromatic heterocycles. The van der Waals surface area contributed by atoms with Gasteiger partial charge in [-0.15, -0.1) is 0 Å². The molecule has 0 fully saturated rings. The molecule has 0 spiro atoms. The fourth-order valence-electron chi connectivity index (χ4n) is 6.66. The average Bonchev–Trinajstić information content (AvgIpc) is 3.21. The number of aromatic nitrogens is 4. The van der Waals surface area contributed by atoms with Gasteiger partial charge in [0.25, 0.3) is 0 Å². The highest BCUT2D eigenvalue weighted by molar-refractivity contribution is 6.05. The van der Waals surface area contributed by atoms with Crippen molar-refractivity contribution in [2.45, 2.75) is 0 Å². The lowest BCUT2D eigenvalue weighted by atomic mass is 9.91. The van der Waals surface area contributed by atoms with E-state index in [1.807, 2.05) is 42.6 Å². The van der Waals surface area contributed by atoms with Crippen LogP contribution in [-0.4, -0.2) is 19.9 Å². The normalized spacial score (nSPS) is 11.2. The summed E-state index contributed by atoms with van der Waals surface area (Å²) in [5.74, 6) is 1.94. The molecule has 0 N–H and O–H groups in total. The monoisotopic (exact) mass is 638 g/mol. The molecule has 9 rings (SSSR count). The molecule has 234 valence electrons. The summed E-state index contributed by atoms with van der Waals surface area (Å²) in [6, 6.07) is 59.3. The molecule has 0 saturated heterocycles. The first-order valence-electron chi connectivity index (χ1n) is 16.7. The molecule has 0 atom stereocenters. The fourth-order valence-corrected chi connectivity index (χ4v) is 6.66. The second kappa shape index (κ2) is 12.7. The Labute approximate surface area is 290 Å². The lowest BCUT2D eigenvalue weighted by molar-refractivity contribution is 1.07. The lowest BCUT2D eigenvalue weighted by Gasteiger charge is -2.13. The van der Waals surface area contributed by atoms with Crippen molar-refractivity contribution < 1.29 is 0 Å². The summed E-state index contributed by atoms with van der Waals surface area (Å²) < 4.78 is 0. The molecule has 0 amide bonds. The third kappa shape index (κ3) is 5.59. The third-order valence-corrected chi connectivity index (χ3v) is 9.24. The molecule has 9 aromatic rings. The smallest absolute Gasteiger partial charge is 0.164 e. The van der Waals surface area contributed by atoms with Crippen LogP contribution in [-0.2, 0) is 0 Å². The van der Waals surface area contributed by atoms with Crippen LogP contribution >= 0.6 is 0 Å². The van der Waals surface area contributed by atoms with Gasteiger partial charge in [0, 0.05) is 29.1 Å². The minimum absolute atomic E-state index is 0.642. The van der Waals surface area contributed by atoms with Crippen molar-refractivity contribution in [1.82, 2.24) is 19.9 Å². The first-order valence-corrected chi connectivity index (χ1v) is 16.7. The Bertz CT molecular complexity index is 2620. The van der Waals surface area contributed by atoms with Gasteiger partial charge in [0.2, 0.25) is 0 Å². The molecule has 7 aromatic carbocycles. The quantitative estimate of drug-likeness (QED) is 0.182. The number of fused-ring (bicyclic) bond motifs is 2. The Hall–Kier alpha value is -6.78. The molecular weight excluding hydrogens is 609 g/mol. The summed E-state index contributed by atoms with van der Waals surface area (Å²) in [6.07, 6.45) is 3.70. The van der Waals surface area contributed by atoms with E-state index >= 15 is 0 Å². The number of rotatable bonds is 6. The van der Waals surface area contributed by atoms with Crippen molar-refractivity contribution in [1.29, 1.82) is 0 Å². The standard InChI is InChI=1S/C46H30N4/c1-2-10-35(11-3-1)44-48-45(50-46(49-44)38-25-18-31-9-4-5-12-37(31)29-38)36-23-21-34(22-24-36)41-27-26-40(42-14-6-7-15-43(41)42)33-19-16-32(17-20-33)39-13-8-28-47-30-39/h1-30H. The van der Waals surface area contributed by atoms with Crippen molar-refractivity contribution in [3.05, 3.63) is 182 Å². The van der Waals surface area contributed by atoms with E-state index in [-0.39, 0.29) is 0 Å². The van der Waals surface area contributed by atoms with Gasteiger partial charge in [-0.3, -0.25) is 4.98 Å². The highest BCUT2D eigenvalue weighted by Crippen LogP contribution is 2.37. The number of nitrogens with zero attached hydrogens (tertiary/aromatic N) is 4. The van der Waals surface area contributed by atoms with E-state index < -0.39 is 0 Å². The molecule has 0 aliphatic heterocycles. The molecule has 0 saturated carbocycles. The Kier molecular flexibility index (Phi) is 7.45. The van der Waals surface area contributed by atoms with Gasteiger partial charge in [-0.05, 0) is 67.1 Å². The van der Waals surface area contributed by atoms with Gasteiger partial charge in [0.15, 0.2) is 17.5 Å². The zero-order valence-corrected chi connectivity index (χ0v) is 27.1. The van der Waals surface area contributed by atoms with E-state index in [9.17, 15) is 0 Å². The van der Waals surface area contributed by atoms with Crippen molar-refractivity contribution in [2.24, 2.45) is 0 Å². The van der Waals surface area contributed by atoms with Crippen LogP contribution in [0.4, 0.5) is 0 Å². The van der Waals surface area contributed by atoms with Gasteiger partial charge in [-0.25, -0.2) is 15.0 Å². The minimum Gasteiger partial charge on any atom is -0.264 e. The largest absolute Gasteiger partial charge is 0.264 e. The summed E-state index contributed by atoms with van der Waals surface area (Å²) in [4.78, 5) is 19.2. The second-order valence-electron chi connectivity index (χ2n) is 12.3.